The van der Waals surface area contributed by atoms with Crippen molar-refractivity contribution < 1.29 is 0 Å². The molecule has 0 atom stereocenters. The standard InChI is InChI=1S/C13H17Br2N3S2/c1-13(2,3)16-6-4-5-10-17-18-12(20-10)9-7-8(14)11(15)19-9/h7,16H,4-6H2,1-3H3. The van der Waals surface area contributed by atoms with Gasteiger partial charge in [-0.3, -0.25) is 0 Å². The van der Waals surface area contributed by atoms with Gasteiger partial charge in [0, 0.05) is 16.4 Å². The van der Waals surface area contributed by atoms with Crippen molar-refractivity contribution in [2.24, 2.45) is 0 Å². The second-order valence-corrected chi connectivity index (χ2v) is 9.80. The van der Waals surface area contributed by atoms with Crippen LogP contribution in [0.5, 0.6) is 0 Å². The molecule has 0 saturated heterocycles. The number of hydrogen-bond donors (Lipinski definition) is 1. The van der Waals surface area contributed by atoms with Gasteiger partial charge in [0.2, 0.25) is 0 Å². The second kappa shape index (κ2) is 6.96. The molecule has 0 aromatic carbocycles. The highest BCUT2D eigenvalue weighted by molar-refractivity contribution is 9.13. The first-order valence-electron chi connectivity index (χ1n) is 6.38. The normalized spacial score (nSPS) is 12.1. The Labute approximate surface area is 144 Å². The summed E-state index contributed by atoms with van der Waals surface area (Å²) in [5, 5.41) is 14.2. The van der Waals surface area contributed by atoms with Gasteiger partial charge < -0.3 is 5.32 Å². The molecule has 0 saturated carbocycles. The fourth-order valence-electron chi connectivity index (χ4n) is 1.61. The van der Waals surface area contributed by atoms with Gasteiger partial charge in [0.25, 0.3) is 0 Å². The van der Waals surface area contributed by atoms with E-state index in [1.165, 1.54) is 0 Å². The summed E-state index contributed by atoms with van der Waals surface area (Å²) in [5.41, 5.74) is 0.182. The zero-order valence-corrected chi connectivity index (χ0v) is 16.5. The maximum Gasteiger partial charge on any atom is 0.157 e. The minimum Gasteiger partial charge on any atom is -0.312 e. The van der Waals surface area contributed by atoms with Gasteiger partial charge in [0.1, 0.15) is 5.01 Å². The first-order chi connectivity index (χ1) is 9.35. The van der Waals surface area contributed by atoms with E-state index in [1.54, 1.807) is 22.7 Å². The molecule has 3 nitrogen and oxygen atoms in total. The number of aromatic nitrogens is 2. The average Bonchev–Trinajstić information content (AvgIpc) is 2.92. The van der Waals surface area contributed by atoms with E-state index in [0.717, 1.165) is 42.5 Å². The summed E-state index contributed by atoms with van der Waals surface area (Å²) in [6.07, 6.45) is 2.07. The summed E-state index contributed by atoms with van der Waals surface area (Å²) in [5.74, 6) is 0. The van der Waals surface area contributed by atoms with Gasteiger partial charge in [0.15, 0.2) is 5.01 Å². The molecular formula is C13H17Br2N3S2. The van der Waals surface area contributed by atoms with Crippen LogP contribution in [0.2, 0.25) is 0 Å². The van der Waals surface area contributed by atoms with Gasteiger partial charge in [-0.2, -0.15) is 0 Å². The van der Waals surface area contributed by atoms with E-state index in [1.807, 2.05) is 0 Å². The number of thiophene rings is 1. The molecule has 0 spiro atoms. The van der Waals surface area contributed by atoms with Gasteiger partial charge in [-0.1, -0.05) is 11.3 Å². The maximum atomic E-state index is 4.29. The molecule has 2 aromatic heterocycles. The third-order valence-electron chi connectivity index (χ3n) is 2.55. The van der Waals surface area contributed by atoms with Crippen LogP contribution in [0.25, 0.3) is 9.88 Å². The third-order valence-corrected chi connectivity index (χ3v) is 6.95. The van der Waals surface area contributed by atoms with Crippen LogP contribution in [0, 0.1) is 0 Å². The summed E-state index contributed by atoms with van der Waals surface area (Å²) in [4.78, 5) is 1.15. The predicted octanol–water partition coefficient (Wildman–Crippen LogP) is 5.11. The topological polar surface area (TPSA) is 37.8 Å². The highest BCUT2D eigenvalue weighted by atomic mass is 79.9. The Morgan fingerprint density at radius 3 is 2.55 bits per heavy atom. The molecule has 2 heterocycles. The monoisotopic (exact) mass is 437 g/mol. The summed E-state index contributed by atoms with van der Waals surface area (Å²) < 4.78 is 2.17. The van der Waals surface area contributed by atoms with Gasteiger partial charge >= 0.3 is 0 Å². The van der Waals surface area contributed by atoms with Gasteiger partial charge in [0.05, 0.1) is 8.66 Å². The fraction of sp³-hybridized carbons (Fsp3) is 0.538. The van der Waals surface area contributed by atoms with Crippen molar-refractivity contribution >= 4 is 54.5 Å². The van der Waals surface area contributed by atoms with Crippen LogP contribution in [-0.4, -0.2) is 22.3 Å². The highest BCUT2D eigenvalue weighted by Gasteiger charge is 2.12. The molecular weight excluding hydrogens is 422 g/mol. The number of rotatable bonds is 5. The van der Waals surface area contributed by atoms with E-state index in [9.17, 15) is 0 Å². The van der Waals surface area contributed by atoms with Gasteiger partial charge in [-0.05, 0) is 71.7 Å². The van der Waals surface area contributed by atoms with Crippen molar-refractivity contribution in [3.8, 4) is 9.88 Å². The fourth-order valence-corrected chi connectivity index (χ4v) is 4.57. The smallest absolute Gasteiger partial charge is 0.157 e. The Morgan fingerprint density at radius 2 is 1.95 bits per heavy atom. The van der Waals surface area contributed by atoms with Crippen molar-refractivity contribution in [1.82, 2.24) is 15.5 Å². The van der Waals surface area contributed by atoms with Crippen LogP contribution in [0.4, 0.5) is 0 Å². The first kappa shape index (κ1) is 16.5. The van der Waals surface area contributed by atoms with E-state index in [0.29, 0.717) is 0 Å². The van der Waals surface area contributed by atoms with E-state index in [4.69, 9.17) is 0 Å². The lowest BCUT2D eigenvalue weighted by molar-refractivity contribution is 0.422. The minimum atomic E-state index is 0.182. The zero-order valence-electron chi connectivity index (χ0n) is 11.7. The number of nitrogens with one attached hydrogen (secondary N) is 1. The quantitative estimate of drug-likeness (QED) is 0.658. The molecule has 0 fully saturated rings. The molecule has 1 N–H and O–H groups in total. The molecule has 0 amide bonds. The summed E-state index contributed by atoms with van der Waals surface area (Å²) >= 11 is 10.4. The second-order valence-electron chi connectivity index (χ2n) is 5.51. The van der Waals surface area contributed by atoms with Crippen LogP contribution in [0.1, 0.15) is 32.2 Å². The van der Waals surface area contributed by atoms with Crippen LogP contribution < -0.4 is 5.32 Å². The first-order valence-corrected chi connectivity index (χ1v) is 9.60. The van der Waals surface area contributed by atoms with E-state index in [2.05, 4.69) is 74.2 Å². The largest absolute Gasteiger partial charge is 0.312 e. The lowest BCUT2D eigenvalue weighted by atomic mass is 10.1. The number of hydrogen-bond acceptors (Lipinski definition) is 5. The number of halogens is 2. The minimum absolute atomic E-state index is 0.182. The van der Waals surface area contributed by atoms with Crippen LogP contribution in [0.3, 0.4) is 0 Å². The summed E-state index contributed by atoms with van der Waals surface area (Å²) in [6.45, 7) is 7.56. The number of nitrogens with zero attached hydrogens (tertiary/aromatic N) is 2. The van der Waals surface area contributed by atoms with Crippen molar-refractivity contribution in [3.05, 3.63) is 19.3 Å². The lowest BCUT2D eigenvalue weighted by Gasteiger charge is -2.20. The Balaban J connectivity index is 1.89. The number of aryl methyl sites for hydroxylation is 1. The summed E-state index contributed by atoms with van der Waals surface area (Å²) in [6, 6.07) is 2.08. The lowest BCUT2D eigenvalue weighted by Crippen LogP contribution is -2.36. The maximum absolute atomic E-state index is 4.29. The molecule has 2 aromatic rings. The van der Waals surface area contributed by atoms with Crippen LogP contribution in [0.15, 0.2) is 14.3 Å². The SMILES string of the molecule is CC(C)(C)NCCCc1nnc(-c2cc(Br)c(Br)s2)s1. The molecule has 0 radical (unpaired) electrons. The molecule has 0 aliphatic carbocycles. The Bertz CT molecular complexity index is 553. The molecule has 0 aliphatic rings. The van der Waals surface area contributed by atoms with Crippen molar-refractivity contribution in [2.45, 2.75) is 39.2 Å². The van der Waals surface area contributed by atoms with E-state index in [-0.39, 0.29) is 5.54 Å². The molecule has 0 bridgehead atoms. The van der Waals surface area contributed by atoms with Crippen molar-refractivity contribution in [3.63, 3.8) is 0 Å². The van der Waals surface area contributed by atoms with E-state index < -0.39 is 0 Å². The Hall–Kier alpha value is 0.180. The Kier molecular flexibility index (Phi) is 5.76. The van der Waals surface area contributed by atoms with Gasteiger partial charge in [-0.25, -0.2) is 0 Å². The zero-order chi connectivity index (χ0) is 14.8. The van der Waals surface area contributed by atoms with E-state index >= 15 is 0 Å². The van der Waals surface area contributed by atoms with Crippen LogP contribution >= 0.6 is 54.5 Å². The average molecular weight is 439 g/mol. The molecule has 0 unspecified atom stereocenters. The van der Waals surface area contributed by atoms with Crippen molar-refractivity contribution in [1.29, 1.82) is 0 Å². The molecule has 20 heavy (non-hydrogen) atoms. The van der Waals surface area contributed by atoms with Crippen LogP contribution in [-0.2, 0) is 6.42 Å². The van der Waals surface area contributed by atoms with Crippen molar-refractivity contribution in [2.75, 3.05) is 6.54 Å². The third kappa shape index (κ3) is 4.87. The van der Waals surface area contributed by atoms with Gasteiger partial charge in [-0.15, -0.1) is 21.5 Å². The highest BCUT2D eigenvalue weighted by Crippen LogP contribution is 2.39. The molecule has 2 rings (SSSR count). The molecule has 7 heteroatoms. The summed E-state index contributed by atoms with van der Waals surface area (Å²) in [7, 11) is 0. The molecule has 0 aliphatic heterocycles. The molecule has 110 valence electrons. The Morgan fingerprint density at radius 1 is 1.20 bits per heavy atom. The predicted molar refractivity (Wildman–Crippen MR) is 94.7 cm³/mol.